The summed E-state index contributed by atoms with van der Waals surface area (Å²) < 4.78 is 15.2. The molecular formula is C23H21ClN4O5. The molecule has 1 heterocycles. The zero-order valence-electron chi connectivity index (χ0n) is 18.2. The highest BCUT2D eigenvalue weighted by atomic mass is 35.5. The van der Waals surface area contributed by atoms with E-state index in [2.05, 4.69) is 19.9 Å². The molecule has 33 heavy (non-hydrogen) atoms. The van der Waals surface area contributed by atoms with E-state index in [1.807, 2.05) is 6.07 Å². The van der Waals surface area contributed by atoms with Gasteiger partial charge in [0.2, 0.25) is 5.90 Å². The van der Waals surface area contributed by atoms with Gasteiger partial charge in [-0.3, -0.25) is 0 Å². The standard InChI is InChI=1S/C23H21ClN4O5/c1-15-20(27-28(26-15)18-11-9-17(24)10-12-18)14-33-22(16-7-5-4-6-8-16)25-19(23(30)32-3)13-21(29)31-2/h4-13H,14H2,1-3H3/b19-13+,25-22?. The second kappa shape index (κ2) is 11.1. The average molecular weight is 469 g/mol. The van der Waals surface area contributed by atoms with Crippen LogP contribution in [-0.4, -0.2) is 47.0 Å². The van der Waals surface area contributed by atoms with E-state index in [9.17, 15) is 9.59 Å². The molecule has 0 aliphatic carbocycles. The lowest BCUT2D eigenvalue weighted by Gasteiger charge is -2.10. The quantitative estimate of drug-likeness (QED) is 0.226. The number of aliphatic imine (C=N–C) groups is 1. The van der Waals surface area contributed by atoms with Crippen LogP contribution in [0.15, 0.2) is 71.4 Å². The van der Waals surface area contributed by atoms with Crippen molar-refractivity contribution in [2.45, 2.75) is 13.5 Å². The van der Waals surface area contributed by atoms with Crippen LogP contribution in [0.2, 0.25) is 5.02 Å². The number of aryl methyl sites for hydroxylation is 1. The highest BCUT2D eigenvalue weighted by molar-refractivity contribution is 6.30. The van der Waals surface area contributed by atoms with Crippen molar-refractivity contribution >= 4 is 29.4 Å². The second-order valence-electron chi connectivity index (χ2n) is 6.61. The van der Waals surface area contributed by atoms with E-state index in [0.29, 0.717) is 22.0 Å². The lowest BCUT2D eigenvalue weighted by atomic mass is 10.2. The van der Waals surface area contributed by atoms with Gasteiger partial charge in [-0.2, -0.15) is 9.90 Å². The minimum Gasteiger partial charge on any atom is -0.471 e. The summed E-state index contributed by atoms with van der Waals surface area (Å²) >= 11 is 5.94. The number of nitrogens with zero attached hydrogens (tertiary/aromatic N) is 4. The highest BCUT2D eigenvalue weighted by Gasteiger charge is 2.17. The van der Waals surface area contributed by atoms with E-state index in [1.54, 1.807) is 55.5 Å². The molecule has 0 bridgehead atoms. The summed E-state index contributed by atoms with van der Waals surface area (Å²) in [7, 11) is 2.38. The largest absolute Gasteiger partial charge is 0.471 e. The van der Waals surface area contributed by atoms with Gasteiger partial charge in [0.1, 0.15) is 12.3 Å². The third kappa shape index (κ3) is 6.27. The van der Waals surface area contributed by atoms with Crippen LogP contribution < -0.4 is 0 Å². The molecule has 10 heteroatoms. The van der Waals surface area contributed by atoms with Gasteiger partial charge in [-0.15, -0.1) is 5.10 Å². The SMILES string of the molecule is COC(=O)/C=C(/N=C(OCc1nn(-c2ccc(Cl)cc2)nc1C)c1ccccc1)C(=O)OC. The lowest BCUT2D eigenvalue weighted by molar-refractivity contribution is -0.138. The third-order valence-corrected chi connectivity index (χ3v) is 4.63. The van der Waals surface area contributed by atoms with Crippen LogP contribution >= 0.6 is 11.6 Å². The summed E-state index contributed by atoms with van der Waals surface area (Å²) in [5, 5.41) is 9.49. The first-order chi connectivity index (χ1) is 15.9. The minimum absolute atomic E-state index is 0.0137. The zero-order valence-corrected chi connectivity index (χ0v) is 18.9. The van der Waals surface area contributed by atoms with Gasteiger partial charge in [-0.25, -0.2) is 14.6 Å². The molecule has 170 valence electrons. The molecule has 0 aliphatic heterocycles. The molecule has 0 N–H and O–H groups in total. The van der Waals surface area contributed by atoms with Crippen molar-refractivity contribution in [3.05, 3.63) is 88.3 Å². The fourth-order valence-corrected chi connectivity index (χ4v) is 2.78. The number of esters is 2. The Balaban J connectivity index is 1.91. The predicted molar refractivity (Wildman–Crippen MR) is 121 cm³/mol. The maximum Gasteiger partial charge on any atom is 0.357 e. The minimum atomic E-state index is -0.817. The third-order valence-electron chi connectivity index (χ3n) is 4.37. The van der Waals surface area contributed by atoms with E-state index in [0.717, 1.165) is 11.8 Å². The number of halogens is 1. The van der Waals surface area contributed by atoms with Gasteiger partial charge in [0.25, 0.3) is 0 Å². The summed E-state index contributed by atoms with van der Waals surface area (Å²) in [6.07, 6.45) is 0.931. The normalized spacial score (nSPS) is 11.8. The maximum atomic E-state index is 12.1. The smallest absolute Gasteiger partial charge is 0.357 e. The molecule has 0 radical (unpaired) electrons. The van der Waals surface area contributed by atoms with Gasteiger partial charge in [0.05, 0.1) is 31.7 Å². The van der Waals surface area contributed by atoms with Crippen LogP contribution in [0.1, 0.15) is 17.0 Å². The van der Waals surface area contributed by atoms with Crippen LogP contribution in [0.5, 0.6) is 0 Å². The zero-order chi connectivity index (χ0) is 23.8. The summed E-state index contributed by atoms with van der Waals surface area (Å²) in [5.41, 5.74) is 2.25. The second-order valence-corrected chi connectivity index (χ2v) is 7.05. The molecular weight excluding hydrogens is 448 g/mol. The molecule has 0 saturated carbocycles. The van der Waals surface area contributed by atoms with Gasteiger partial charge < -0.3 is 14.2 Å². The average Bonchev–Trinajstić information content (AvgIpc) is 3.21. The Hall–Kier alpha value is -3.98. The Bertz CT molecular complexity index is 1190. The molecule has 0 unspecified atom stereocenters. The van der Waals surface area contributed by atoms with Crippen molar-refractivity contribution in [2.24, 2.45) is 4.99 Å². The molecule has 2 aromatic carbocycles. The number of rotatable bonds is 7. The first-order valence-electron chi connectivity index (χ1n) is 9.75. The summed E-state index contributed by atoms with van der Waals surface area (Å²) in [5.74, 6) is -1.48. The molecule has 0 atom stereocenters. The van der Waals surface area contributed by atoms with Crippen molar-refractivity contribution in [1.29, 1.82) is 0 Å². The Morgan fingerprint density at radius 3 is 2.36 bits per heavy atom. The van der Waals surface area contributed by atoms with Gasteiger partial charge >= 0.3 is 11.9 Å². The summed E-state index contributed by atoms with van der Waals surface area (Å²) in [6.45, 7) is 1.81. The van der Waals surface area contributed by atoms with E-state index < -0.39 is 11.9 Å². The van der Waals surface area contributed by atoms with E-state index in [-0.39, 0.29) is 18.2 Å². The Morgan fingerprint density at radius 2 is 1.73 bits per heavy atom. The van der Waals surface area contributed by atoms with E-state index in [4.69, 9.17) is 21.1 Å². The van der Waals surface area contributed by atoms with Gasteiger partial charge in [0.15, 0.2) is 5.70 Å². The maximum absolute atomic E-state index is 12.1. The Labute approximate surface area is 195 Å². The van der Waals surface area contributed by atoms with Crippen molar-refractivity contribution in [3.63, 3.8) is 0 Å². The molecule has 3 rings (SSSR count). The molecule has 0 fully saturated rings. The first kappa shape index (κ1) is 23.7. The van der Waals surface area contributed by atoms with Gasteiger partial charge in [0, 0.05) is 10.6 Å². The monoisotopic (exact) mass is 468 g/mol. The fraction of sp³-hybridized carbons (Fsp3) is 0.174. The number of aromatic nitrogens is 3. The van der Waals surface area contributed by atoms with Crippen molar-refractivity contribution in [2.75, 3.05) is 14.2 Å². The molecule has 0 spiro atoms. The molecule has 9 nitrogen and oxygen atoms in total. The topological polar surface area (TPSA) is 105 Å². The van der Waals surface area contributed by atoms with Crippen LogP contribution in [0.3, 0.4) is 0 Å². The van der Waals surface area contributed by atoms with Crippen LogP contribution in [0, 0.1) is 6.92 Å². The van der Waals surface area contributed by atoms with Crippen molar-refractivity contribution in [3.8, 4) is 5.69 Å². The molecule has 0 amide bonds. The number of hydrogen-bond acceptors (Lipinski definition) is 8. The number of ether oxygens (including phenoxy) is 3. The van der Waals surface area contributed by atoms with Crippen LogP contribution in [0.4, 0.5) is 0 Å². The van der Waals surface area contributed by atoms with Crippen molar-refractivity contribution in [1.82, 2.24) is 15.0 Å². The number of methoxy groups -OCH3 is 2. The fourth-order valence-electron chi connectivity index (χ4n) is 2.65. The molecule has 0 saturated heterocycles. The van der Waals surface area contributed by atoms with Crippen LogP contribution in [0.25, 0.3) is 5.69 Å². The Kier molecular flexibility index (Phi) is 7.93. The molecule has 1 aromatic heterocycles. The van der Waals surface area contributed by atoms with Gasteiger partial charge in [-0.1, -0.05) is 29.8 Å². The highest BCUT2D eigenvalue weighted by Crippen LogP contribution is 2.15. The molecule has 0 aliphatic rings. The number of hydrogen-bond donors (Lipinski definition) is 0. The first-order valence-corrected chi connectivity index (χ1v) is 10.1. The Morgan fingerprint density at radius 1 is 1.03 bits per heavy atom. The number of carbonyl (C=O) groups excluding carboxylic acids is 2. The van der Waals surface area contributed by atoms with Crippen LogP contribution in [-0.2, 0) is 30.4 Å². The lowest BCUT2D eigenvalue weighted by Crippen LogP contribution is -2.13. The van der Waals surface area contributed by atoms with E-state index in [1.165, 1.54) is 19.0 Å². The van der Waals surface area contributed by atoms with Gasteiger partial charge in [-0.05, 0) is 43.3 Å². The summed E-state index contributed by atoms with van der Waals surface area (Å²) in [6, 6.07) is 16.0. The number of carbonyl (C=O) groups is 2. The summed E-state index contributed by atoms with van der Waals surface area (Å²) in [4.78, 5) is 29.6. The number of benzene rings is 2. The van der Waals surface area contributed by atoms with Crippen molar-refractivity contribution < 1.29 is 23.8 Å². The van der Waals surface area contributed by atoms with E-state index >= 15 is 0 Å². The predicted octanol–water partition coefficient (Wildman–Crippen LogP) is 3.42. The molecule has 3 aromatic rings.